The third kappa shape index (κ3) is 2.80. The minimum absolute atomic E-state index is 0.149. The van der Waals surface area contributed by atoms with Crippen molar-refractivity contribution < 1.29 is 5.11 Å². The molecule has 1 heterocycles. The number of aryl methyl sites for hydroxylation is 1. The van der Waals surface area contributed by atoms with E-state index in [4.69, 9.17) is 11.6 Å². The molecule has 88 valence electrons. The molecule has 5 nitrogen and oxygen atoms in total. The van der Waals surface area contributed by atoms with E-state index in [0.29, 0.717) is 22.8 Å². The van der Waals surface area contributed by atoms with Crippen molar-refractivity contribution in [2.24, 2.45) is 0 Å². The lowest BCUT2D eigenvalue weighted by Gasteiger charge is -2.25. The number of nitrogens with one attached hydrogen (secondary N) is 1. The van der Waals surface area contributed by atoms with E-state index in [1.165, 1.54) is 0 Å². The normalized spacial score (nSPS) is 25.4. The maximum Gasteiger partial charge on any atom is 0.243 e. The Morgan fingerprint density at radius 3 is 2.56 bits per heavy atom. The smallest absolute Gasteiger partial charge is 0.243 e. The average molecular weight is 243 g/mol. The number of hydrogen-bond acceptors (Lipinski definition) is 5. The van der Waals surface area contributed by atoms with E-state index in [2.05, 4.69) is 20.5 Å². The fourth-order valence-corrected chi connectivity index (χ4v) is 1.93. The molecule has 2 N–H and O–H groups in total. The van der Waals surface area contributed by atoms with Gasteiger partial charge in [0.1, 0.15) is 0 Å². The van der Waals surface area contributed by atoms with Gasteiger partial charge in [0, 0.05) is 6.04 Å². The van der Waals surface area contributed by atoms with Crippen molar-refractivity contribution in [2.75, 3.05) is 5.32 Å². The van der Waals surface area contributed by atoms with E-state index in [1.54, 1.807) is 6.92 Å². The van der Waals surface area contributed by atoms with E-state index in [9.17, 15) is 5.11 Å². The van der Waals surface area contributed by atoms with E-state index in [-0.39, 0.29) is 6.10 Å². The second-order valence-corrected chi connectivity index (χ2v) is 4.52. The largest absolute Gasteiger partial charge is 0.393 e. The molecule has 0 radical (unpaired) electrons. The van der Waals surface area contributed by atoms with Crippen molar-refractivity contribution in [3.8, 4) is 0 Å². The molecule has 0 aliphatic heterocycles. The topological polar surface area (TPSA) is 70.9 Å². The van der Waals surface area contributed by atoms with Crippen LogP contribution in [0.4, 0.5) is 5.95 Å². The molecule has 1 aromatic rings. The Bertz CT molecular complexity index is 366. The summed E-state index contributed by atoms with van der Waals surface area (Å²) in [5.41, 5.74) is 0.676. The maximum atomic E-state index is 9.38. The summed E-state index contributed by atoms with van der Waals surface area (Å²) in [7, 11) is 0. The zero-order chi connectivity index (χ0) is 11.5. The van der Waals surface area contributed by atoms with Crippen LogP contribution in [-0.4, -0.2) is 32.4 Å². The van der Waals surface area contributed by atoms with Crippen LogP contribution in [0.3, 0.4) is 0 Å². The summed E-state index contributed by atoms with van der Waals surface area (Å²) in [6.45, 7) is 1.80. The zero-order valence-corrected chi connectivity index (χ0v) is 9.91. The molecule has 0 amide bonds. The summed E-state index contributed by atoms with van der Waals surface area (Å²) in [6.07, 6.45) is 3.39. The lowest BCUT2D eigenvalue weighted by atomic mass is 9.93. The number of anilines is 1. The summed E-state index contributed by atoms with van der Waals surface area (Å²) < 4.78 is 0. The first-order valence-electron chi connectivity index (χ1n) is 5.46. The molecule has 6 heteroatoms. The van der Waals surface area contributed by atoms with Gasteiger partial charge in [-0.05, 0) is 32.6 Å². The van der Waals surface area contributed by atoms with Crippen LogP contribution >= 0.6 is 11.6 Å². The summed E-state index contributed by atoms with van der Waals surface area (Å²) in [6, 6.07) is 0.325. The zero-order valence-electron chi connectivity index (χ0n) is 9.15. The Kier molecular flexibility index (Phi) is 3.56. The number of hydrogen-bond donors (Lipinski definition) is 2. The van der Waals surface area contributed by atoms with Crippen molar-refractivity contribution in [1.82, 2.24) is 15.2 Å². The van der Waals surface area contributed by atoms with Gasteiger partial charge in [0.15, 0.2) is 5.15 Å². The van der Waals surface area contributed by atoms with Crippen LogP contribution in [0.5, 0.6) is 0 Å². The van der Waals surface area contributed by atoms with Gasteiger partial charge in [0.2, 0.25) is 5.95 Å². The minimum Gasteiger partial charge on any atom is -0.393 e. The van der Waals surface area contributed by atoms with Gasteiger partial charge in [-0.3, -0.25) is 0 Å². The highest BCUT2D eigenvalue weighted by Gasteiger charge is 2.20. The molecule has 0 aromatic carbocycles. The van der Waals surface area contributed by atoms with Crippen LogP contribution in [0.25, 0.3) is 0 Å². The molecule has 0 spiro atoms. The summed E-state index contributed by atoms with van der Waals surface area (Å²) >= 11 is 5.75. The molecule has 1 aliphatic carbocycles. The highest BCUT2D eigenvalue weighted by Crippen LogP contribution is 2.21. The number of aliphatic hydroxyl groups is 1. The number of halogens is 1. The highest BCUT2D eigenvalue weighted by atomic mass is 35.5. The second kappa shape index (κ2) is 4.93. The Morgan fingerprint density at radius 2 is 1.94 bits per heavy atom. The Labute approximate surface area is 99.3 Å². The average Bonchev–Trinajstić information content (AvgIpc) is 2.27. The molecule has 0 saturated heterocycles. The molecule has 1 saturated carbocycles. The van der Waals surface area contributed by atoms with Gasteiger partial charge in [-0.2, -0.15) is 0 Å². The third-order valence-corrected chi connectivity index (χ3v) is 3.18. The monoisotopic (exact) mass is 242 g/mol. The summed E-state index contributed by atoms with van der Waals surface area (Å²) in [5, 5.41) is 20.6. The number of aliphatic hydroxyl groups excluding tert-OH is 1. The van der Waals surface area contributed by atoms with Gasteiger partial charge in [-0.25, -0.2) is 4.98 Å². The van der Waals surface area contributed by atoms with Crippen molar-refractivity contribution in [3.63, 3.8) is 0 Å². The van der Waals surface area contributed by atoms with Gasteiger partial charge in [-0.15, -0.1) is 10.2 Å². The molecular formula is C10H15ClN4O. The molecular weight excluding hydrogens is 228 g/mol. The van der Waals surface area contributed by atoms with Gasteiger partial charge in [0.05, 0.1) is 11.8 Å². The van der Waals surface area contributed by atoms with Crippen LogP contribution in [0.15, 0.2) is 0 Å². The first-order chi connectivity index (χ1) is 7.65. The molecule has 1 aliphatic rings. The predicted molar refractivity (Wildman–Crippen MR) is 61.5 cm³/mol. The fourth-order valence-electron chi connectivity index (χ4n) is 1.85. The molecule has 16 heavy (non-hydrogen) atoms. The van der Waals surface area contributed by atoms with Crippen LogP contribution in [0.2, 0.25) is 5.15 Å². The van der Waals surface area contributed by atoms with Gasteiger partial charge in [-0.1, -0.05) is 11.6 Å². The van der Waals surface area contributed by atoms with Crippen LogP contribution in [0.1, 0.15) is 31.4 Å². The Morgan fingerprint density at radius 1 is 1.25 bits per heavy atom. The van der Waals surface area contributed by atoms with Crippen molar-refractivity contribution >= 4 is 17.5 Å². The predicted octanol–water partition coefficient (Wildman–Crippen LogP) is 1.55. The molecule has 1 fully saturated rings. The Balaban J connectivity index is 1.96. The van der Waals surface area contributed by atoms with E-state index < -0.39 is 0 Å². The molecule has 0 bridgehead atoms. The van der Waals surface area contributed by atoms with Gasteiger partial charge in [0.25, 0.3) is 0 Å². The van der Waals surface area contributed by atoms with Crippen LogP contribution < -0.4 is 5.32 Å². The van der Waals surface area contributed by atoms with Gasteiger partial charge < -0.3 is 10.4 Å². The standard InChI is InChI=1S/C10H15ClN4O/c1-6-9(11)14-15-10(12-6)13-7-2-4-8(16)5-3-7/h7-8,16H,2-5H2,1H3,(H,12,13,15)/t7-,8-. The molecule has 0 atom stereocenters. The van der Waals surface area contributed by atoms with E-state index >= 15 is 0 Å². The van der Waals surface area contributed by atoms with Gasteiger partial charge >= 0.3 is 0 Å². The van der Waals surface area contributed by atoms with Crippen molar-refractivity contribution in [1.29, 1.82) is 0 Å². The lowest BCUT2D eigenvalue weighted by Crippen LogP contribution is -2.29. The molecule has 2 rings (SSSR count). The minimum atomic E-state index is -0.149. The lowest BCUT2D eigenvalue weighted by molar-refractivity contribution is 0.126. The summed E-state index contributed by atoms with van der Waals surface area (Å²) in [4.78, 5) is 4.21. The number of aromatic nitrogens is 3. The quantitative estimate of drug-likeness (QED) is 0.823. The molecule has 0 unspecified atom stereocenters. The SMILES string of the molecule is Cc1nc(N[C@H]2CC[C@H](O)CC2)nnc1Cl. The van der Waals surface area contributed by atoms with Crippen LogP contribution in [-0.2, 0) is 0 Å². The van der Waals surface area contributed by atoms with Crippen LogP contribution in [0, 0.1) is 6.92 Å². The Hall–Kier alpha value is -0.940. The van der Waals surface area contributed by atoms with Crippen molar-refractivity contribution in [3.05, 3.63) is 10.8 Å². The summed E-state index contributed by atoms with van der Waals surface area (Å²) in [5.74, 6) is 0.517. The number of nitrogens with zero attached hydrogens (tertiary/aromatic N) is 3. The highest BCUT2D eigenvalue weighted by molar-refractivity contribution is 6.29. The molecule has 1 aromatic heterocycles. The first-order valence-corrected chi connectivity index (χ1v) is 5.84. The first kappa shape index (κ1) is 11.5. The number of rotatable bonds is 2. The second-order valence-electron chi connectivity index (χ2n) is 4.16. The maximum absolute atomic E-state index is 9.38. The fraction of sp³-hybridized carbons (Fsp3) is 0.700. The van der Waals surface area contributed by atoms with Crippen molar-refractivity contribution in [2.45, 2.75) is 44.8 Å². The van der Waals surface area contributed by atoms with E-state index in [0.717, 1.165) is 25.7 Å². The van der Waals surface area contributed by atoms with E-state index in [1.807, 2.05) is 0 Å². The third-order valence-electron chi connectivity index (χ3n) is 2.83.